The van der Waals surface area contributed by atoms with Crippen LogP contribution in [-0.4, -0.2) is 29.6 Å². The molecule has 0 unspecified atom stereocenters. The minimum absolute atomic E-state index is 0.00397. The second kappa shape index (κ2) is 7.64. The molecule has 1 aromatic heterocycles. The molecule has 8 heteroatoms. The van der Waals surface area contributed by atoms with E-state index < -0.39 is 5.56 Å². The van der Waals surface area contributed by atoms with Gasteiger partial charge in [0.1, 0.15) is 10.7 Å². The summed E-state index contributed by atoms with van der Waals surface area (Å²) in [7, 11) is 1.58. The standard InChI is InChI=1S/C15H17ClN4O3/c1-9(2)23-13-6-10(4-5-12(13)22-3)7-17-19-11-8-18-20-15(21)14(11)16/h4-9H,1-3H3,(H2,19,20,21)/b17-7-. The molecular weight excluding hydrogens is 320 g/mol. The Balaban J connectivity index is 2.16. The molecule has 0 aliphatic rings. The van der Waals surface area contributed by atoms with Gasteiger partial charge in [-0.1, -0.05) is 11.6 Å². The van der Waals surface area contributed by atoms with Crippen LogP contribution in [0, 0.1) is 0 Å². The van der Waals surface area contributed by atoms with Gasteiger partial charge >= 0.3 is 0 Å². The molecule has 0 saturated carbocycles. The number of anilines is 1. The lowest BCUT2D eigenvalue weighted by atomic mass is 10.2. The molecule has 7 nitrogen and oxygen atoms in total. The lowest BCUT2D eigenvalue weighted by Gasteiger charge is -2.13. The van der Waals surface area contributed by atoms with E-state index in [1.807, 2.05) is 26.0 Å². The fraction of sp³-hybridized carbons (Fsp3) is 0.267. The second-order valence-corrected chi connectivity index (χ2v) is 5.25. The SMILES string of the molecule is COc1ccc(/C=N\Nc2cn[nH]c(=O)c2Cl)cc1OC(C)C. The molecule has 2 aromatic rings. The number of aromatic nitrogens is 2. The maximum Gasteiger partial charge on any atom is 0.285 e. The lowest BCUT2D eigenvalue weighted by molar-refractivity contribution is 0.230. The van der Waals surface area contributed by atoms with Gasteiger partial charge in [0.2, 0.25) is 0 Å². The Morgan fingerprint density at radius 1 is 1.39 bits per heavy atom. The maximum absolute atomic E-state index is 11.3. The van der Waals surface area contributed by atoms with E-state index in [1.165, 1.54) is 6.20 Å². The van der Waals surface area contributed by atoms with E-state index in [2.05, 4.69) is 20.7 Å². The van der Waals surface area contributed by atoms with E-state index in [0.717, 1.165) is 5.56 Å². The predicted molar refractivity (Wildman–Crippen MR) is 89.8 cm³/mol. The van der Waals surface area contributed by atoms with Gasteiger partial charge in [-0.15, -0.1) is 0 Å². The summed E-state index contributed by atoms with van der Waals surface area (Å²) >= 11 is 5.84. The molecule has 0 aliphatic heterocycles. The Morgan fingerprint density at radius 3 is 2.87 bits per heavy atom. The van der Waals surface area contributed by atoms with E-state index in [-0.39, 0.29) is 11.1 Å². The summed E-state index contributed by atoms with van der Waals surface area (Å²) in [5.41, 5.74) is 3.30. The summed E-state index contributed by atoms with van der Waals surface area (Å²) in [6, 6.07) is 5.43. The van der Waals surface area contributed by atoms with Crippen LogP contribution in [0.5, 0.6) is 11.5 Å². The highest BCUT2D eigenvalue weighted by Gasteiger charge is 2.07. The second-order valence-electron chi connectivity index (χ2n) is 4.87. The molecule has 0 amide bonds. The van der Waals surface area contributed by atoms with Crippen LogP contribution < -0.4 is 20.5 Å². The summed E-state index contributed by atoms with van der Waals surface area (Å²) < 4.78 is 10.9. The van der Waals surface area contributed by atoms with Gasteiger partial charge in [-0.05, 0) is 37.6 Å². The topological polar surface area (TPSA) is 88.6 Å². The van der Waals surface area contributed by atoms with Crippen molar-refractivity contribution >= 4 is 23.5 Å². The van der Waals surface area contributed by atoms with E-state index in [1.54, 1.807) is 19.4 Å². The van der Waals surface area contributed by atoms with Crippen LogP contribution in [0.4, 0.5) is 5.69 Å². The average molecular weight is 337 g/mol. The zero-order chi connectivity index (χ0) is 16.8. The molecule has 0 saturated heterocycles. The highest BCUT2D eigenvalue weighted by atomic mass is 35.5. The van der Waals surface area contributed by atoms with Crippen molar-refractivity contribution in [1.29, 1.82) is 0 Å². The summed E-state index contributed by atoms with van der Waals surface area (Å²) in [4.78, 5) is 11.3. The maximum atomic E-state index is 11.3. The van der Waals surface area contributed by atoms with Crippen LogP contribution in [0.1, 0.15) is 19.4 Å². The third-order valence-electron chi connectivity index (χ3n) is 2.74. The van der Waals surface area contributed by atoms with Crippen molar-refractivity contribution in [3.8, 4) is 11.5 Å². The highest BCUT2D eigenvalue weighted by Crippen LogP contribution is 2.28. The van der Waals surface area contributed by atoms with Gasteiger partial charge in [-0.3, -0.25) is 10.2 Å². The molecule has 0 fully saturated rings. The predicted octanol–water partition coefficient (Wildman–Crippen LogP) is 2.67. The van der Waals surface area contributed by atoms with E-state index in [4.69, 9.17) is 21.1 Å². The van der Waals surface area contributed by atoms with Crippen LogP contribution >= 0.6 is 11.6 Å². The number of methoxy groups -OCH3 is 1. The van der Waals surface area contributed by atoms with Gasteiger partial charge in [0, 0.05) is 0 Å². The van der Waals surface area contributed by atoms with Crippen LogP contribution in [0.25, 0.3) is 0 Å². The Morgan fingerprint density at radius 2 is 2.17 bits per heavy atom. The first-order valence-corrected chi connectivity index (χ1v) is 7.26. The average Bonchev–Trinajstić information content (AvgIpc) is 2.51. The fourth-order valence-electron chi connectivity index (χ4n) is 1.76. The van der Waals surface area contributed by atoms with E-state index in [9.17, 15) is 4.79 Å². The Hall–Kier alpha value is -2.54. The fourth-order valence-corrected chi connectivity index (χ4v) is 1.89. The molecule has 0 radical (unpaired) electrons. The smallest absolute Gasteiger partial charge is 0.285 e. The third kappa shape index (κ3) is 4.46. The van der Waals surface area contributed by atoms with Gasteiger partial charge in [-0.25, -0.2) is 5.10 Å². The number of halogens is 1. The molecule has 1 heterocycles. The van der Waals surface area contributed by atoms with Crippen LogP contribution in [0.3, 0.4) is 0 Å². The van der Waals surface area contributed by atoms with Crippen LogP contribution in [-0.2, 0) is 0 Å². The summed E-state index contributed by atoms with van der Waals surface area (Å²) in [6.07, 6.45) is 2.97. The number of benzene rings is 1. The van der Waals surface area contributed by atoms with Gasteiger partial charge in [0.15, 0.2) is 11.5 Å². The van der Waals surface area contributed by atoms with E-state index >= 15 is 0 Å². The highest BCUT2D eigenvalue weighted by molar-refractivity contribution is 6.32. The number of nitrogens with one attached hydrogen (secondary N) is 2. The van der Waals surface area contributed by atoms with Crippen molar-refractivity contribution in [2.24, 2.45) is 5.10 Å². The Bertz CT molecular complexity index is 759. The minimum atomic E-state index is -0.482. The first-order valence-electron chi connectivity index (χ1n) is 6.88. The van der Waals surface area contributed by atoms with Crippen molar-refractivity contribution in [3.63, 3.8) is 0 Å². The lowest BCUT2D eigenvalue weighted by Crippen LogP contribution is -2.10. The van der Waals surface area contributed by atoms with Crippen LogP contribution in [0.15, 0.2) is 34.3 Å². The van der Waals surface area contributed by atoms with Gasteiger partial charge in [0.25, 0.3) is 5.56 Å². The number of H-pyrrole nitrogens is 1. The van der Waals surface area contributed by atoms with E-state index in [0.29, 0.717) is 17.2 Å². The third-order valence-corrected chi connectivity index (χ3v) is 3.12. The van der Waals surface area contributed by atoms with Gasteiger partial charge < -0.3 is 9.47 Å². The molecule has 1 aromatic carbocycles. The van der Waals surface area contributed by atoms with Gasteiger partial charge in [-0.2, -0.15) is 10.2 Å². The number of hydrazone groups is 1. The molecule has 0 spiro atoms. The largest absolute Gasteiger partial charge is 0.493 e. The molecule has 0 aliphatic carbocycles. The van der Waals surface area contributed by atoms with Crippen molar-refractivity contribution in [3.05, 3.63) is 45.3 Å². The Labute approximate surface area is 138 Å². The summed E-state index contributed by atoms with van der Waals surface area (Å²) in [5, 5.41) is 9.91. The molecule has 23 heavy (non-hydrogen) atoms. The van der Waals surface area contributed by atoms with Crippen LogP contribution in [0.2, 0.25) is 5.02 Å². The van der Waals surface area contributed by atoms with Crippen molar-refractivity contribution < 1.29 is 9.47 Å². The molecule has 122 valence electrons. The molecule has 2 rings (SSSR count). The number of nitrogens with zero attached hydrogens (tertiary/aromatic N) is 2. The number of rotatable bonds is 6. The first kappa shape index (κ1) is 16.8. The number of ether oxygens (including phenoxy) is 2. The number of aromatic amines is 1. The summed E-state index contributed by atoms with van der Waals surface area (Å²) in [5.74, 6) is 1.27. The molecular formula is C15H17ClN4O3. The zero-order valence-corrected chi connectivity index (χ0v) is 13.7. The van der Waals surface area contributed by atoms with Crippen molar-refractivity contribution in [1.82, 2.24) is 10.2 Å². The minimum Gasteiger partial charge on any atom is -0.493 e. The number of hydrogen-bond acceptors (Lipinski definition) is 6. The van der Waals surface area contributed by atoms with Crippen molar-refractivity contribution in [2.75, 3.05) is 12.5 Å². The zero-order valence-electron chi connectivity index (χ0n) is 13.0. The number of hydrogen-bond donors (Lipinski definition) is 2. The monoisotopic (exact) mass is 336 g/mol. The first-order chi connectivity index (χ1) is 11.0. The normalized spacial score (nSPS) is 11.0. The summed E-state index contributed by atoms with van der Waals surface area (Å²) in [6.45, 7) is 3.87. The Kier molecular flexibility index (Phi) is 5.59. The molecule has 0 atom stereocenters. The molecule has 2 N–H and O–H groups in total. The quantitative estimate of drug-likeness (QED) is 0.625. The van der Waals surface area contributed by atoms with Gasteiger partial charge in [0.05, 0.1) is 25.6 Å². The van der Waals surface area contributed by atoms with Crippen molar-refractivity contribution in [2.45, 2.75) is 20.0 Å². The molecule has 0 bridgehead atoms.